The first-order valence-electron chi connectivity index (χ1n) is 5.63. The van der Waals surface area contributed by atoms with Crippen molar-refractivity contribution in [1.29, 1.82) is 0 Å². The van der Waals surface area contributed by atoms with Gasteiger partial charge in [-0.25, -0.2) is 4.98 Å². The first-order chi connectivity index (χ1) is 9.70. The van der Waals surface area contributed by atoms with Crippen LogP contribution >= 0.6 is 27.7 Å². The molecule has 0 fully saturated rings. The summed E-state index contributed by atoms with van der Waals surface area (Å²) in [5.41, 5.74) is 6.21. The Balaban J connectivity index is 1.67. The van der Waals surface area contributed by atoms with Crippen LogP contribution in [0.3, 0.4) is 0 Å². The predicted octanol–water partition coefficient (Wildman–Crippen LogP) is 3.36. The lowest BCUT2D eigenvalue weighted by atomic mass is 10.4. The zero-order chi connectivity index (χ0) is 13.9. The van der Waals surface area contributed by atoms with Gasteiger partial charge in [0.05, 0.1) is 22.7 Å². The lowest BCUT2D eigenvalue weighted by molar-refractivity contribution is 0.486. The Hall–Kier alpha value is -1.80. The highest BCUT2D eigenvalue weighted by molar-refractivity contribution is 9.10. The van der Waals surface area contributed by atoms with Gasteiger partial charge in [-0.3, -0.25) is 0 Å². The van der Waals surface area contributed by atoms with Crippen molar-refractivity contribution >= 4 is 33.4 Å². The SMILES string of the molecule is Nc1ccc(SCc2nnc(-c3ccc(Br)o3)o2)nc1. The van der Waals surface area contributed by atoms with Crippen molar-refractivity contribution in [1.82, 2.24) is 15.2 Å². The number of thioether (sulfide) groups is 1. The standard InChI is InChI=1S/C12H9BrN4O2S/c13-9-3-2-8(18-9)12-17-16-10(19-12)6-20-11-4-1-7(14)5-15-11/h1-5H,6,14H2. The van der Waals surface area contributed by atoms with E-state index >= 15 is 0 Å². The van der Waals surface area contributed by atoms with Crippen LogP contribution in [-0.2, 0) is 5.75 Å². The summed E-state index contributed by atoms with van der Waals surface area (Å²) in [4.78, 5) is 4.19. The third-order valence-corrected chi connectivity index (χ3v) is 3.71. The molecular formula is C12H9BrN4O2S. The minimum Gasteiger partial charge on any atom is -0.444 e. The molecule has 2 N–H and O–H groups in total. The normalized spacial score (nSPS) is 10.8. The van der Waals surface area contributed by atoms with E-state index < -0.39 is 0 Å². The summed E-state index contributed by atoms with van der Waals surface area (Å²) in [5, 5.41) is 8.76. The summed E-state index contributed by atoms with van der Waals surface area (Å²) >= 11 is 4.72. The Labute approximate surface area is 126 Å². The average Bonchev–Trinajstić information content (AvgIpc) is 3.07. The highest BCUT2D eigenvalue weighted by Gasteiger charge is 2.12. The fraction of sp³-hybridized carbons (Fsp3) is 0.0833. The van der Waals surface area contributed by atoms with Gasteiger partial charge in [-0.05, 0) is 40.2 Å². The van der Waals surface area contributed by atoms with E-state index in [4.69, 9.17) is 14.6 Å². The van der Waals surface area contributed by atoms with Gasteiger partial charge in [0.15, 0.2) is 10.4 Å². The number of nitrogens with two attached hydrogens (primary N) is 1. The summed E-state index contributed by atoms with van der Waals surface area (Å²) in [7, 11) is 0. The molecule has 0 bridgehead atoms. The van der Waals surface area contributed by atoms with Gasteiger partial charge in [0.1, 0.15) is 0 Å². The molecule has 8 heteroatoms. The molecule has 0 aromatic carbocycles. The molecular weight excluding hydrogens is 344 g/mol. The molecule has 0 aliphatic carbocycles. The van der Waals surface area contributed by atoms with Crippen LogP contribution in [0.5, 0.6) is 0 Å². The van der Waals surface area contributed by atoms with Gasteiger partial charge in [0, 0.05) is 0 Å². The van der Waals surface area contributed by atoms with Crippen LogP contribution in [0, 0.1) is 0 Å². The van der Waals surface area contributed by atoms with E-state index in [2.05, 4.69) is 31.1 Å². The van der Waals surface area contributed by atoms with E-state index in [1.54, 1.807) is 24.4 Å². The second-order valence-electron chi connectivity index (χ2n) is 3.82. The Morgan fingerprint density at radius 1 is 1.15 bits per heavy atom. The lowest BCUT2D eigenvalue weighted by Gasteiger charge is -1.97. The Morgan fingerprint density at radius 2 is 2.05 bits per heavy atom. The van der Waals surface area contributed by atoms with Crippen LogP contribution in [0.1, 0.15) is 5.89 Å². The van der Waals surface area contributed by atoms with Crippen molar-refractivity contribution in [3.8, 4) is 11.7 Å². The molecule has 0 saturated heterocycles. The van der Waals surface area contributed by atoms with Gasteiger partial charge in [-0.1, -0.05) is 11.8 Å². The van der Waals surface area contributed by atoms with Crippen LogP contribution in [-0.4, -0.2) is 15.2 Å². The molecule has 3 aromatic rings. The molecule has 20 heavy (non-hydrogen) atoms. The Bertz CT molecular complexity index is 710. The Morgan fingerprint density at radius 3 is 2.75 bits per heavy atom. The van der Waals surface area contributed by atoms with Crippen LogP contribution in [0.25, 0.3) is 11.7 Å². The zero-order valence-electron chi connectivity index (χ0n) is 10.1. The summed E-state index contributed by atoms with van der Waals surface area (Å²) in [6, 6.07) is 7.18. The quantitative estimate of drug-likeness (QED) is 0.719. The number of nitrogen functional groups attached to an aromatic ring is 1. The van der Waals surface area contributed by atoms with E-state index in [9.17, 15) is 0 Å². The molecule has 0 radical (unpaired) electrons. The van der Waals surface area contributed by atoms with E-state index in [-0.39, 0.29) is 0 Å². The predicted molar refractivity (Wildman–Crippen MR) is 77.9 cm³/mol. The van der Waals surface area contributed by atoms with Crippen molar-refractivity contribution < 1.29 is 8.83 Å². The maximum Gasteiger partial charge on any atom is 0.283 e. The van der Waals surface area contributed by atoms with Gasteiger partial charge in [-0.2, -0.15) is 0 Å². The molecule has 0 amide bonds. The molecule has 3 rings (SSSR count). The first kappa shape index (κ1) is 13.2. The van der Waals surface area contributed by atoms with Gasteiger partial charge in [0.25, 0.3) is 5.89 Å². The van der Waals surface area contributed by atoms with E-state index in [0.29, 0.717) is 33.7 Å². The van der Waals surface area contributed by atoms with Crippen LogP contribution in [0.2, 0.25) is 0 Å². The second-order valence-corrected chi connectivity index (χ2v) is 5.60. The molecule has 3 heterocycles. The number of anilines is 1. The van der Waals surface area contributed by atoms with E-state index in [1.165, 1.54) is 11.8 Å². The molecule has 6 nitrogen and oxygen atoms in total. The number of furan rings is 1. The highest BCUT2D eigenvalue weighted by Crippen LogP contribution is 2.26. The summed E-state index contributed by atoms with van der Waals surface area (Å²) in [5.74, 6) is 1.94. The first-order valence-corrected chi connectivity index (χ1v) is 7.41. The number of hydrogen-bond acceptors (Lipinski definition) is 7. The van der Waals surface area contributed by atoms with Crippen LogP contribution in [0.15, 0.2) is 49.0 Å². The lowest BCUT2D eigenvalue weighted by Crippen LogP contribution is -1.87. The van der Waals surface area contributed by atoms with Crippen molar-refractivity contribution in [2.24, 2.45) is 0 Å². The zero-order valence-corrected chi connectivity index (χ0v) is 12.5. The van der Waals surface area contributed by atoms with Gasteiger partial charge < -0.3 is 14.6 Å². The molecule has 0 unspecified atom stereocenters. The minimum absolute atomic E-state index is 0.358. The summed E-state index contributed by atoms with van der Waals surface area (Å²) < 4.78 is 11.5. The topological polar surface area (TPSA) is 91.0 Å². The highest BCUT2D eigenvalue weighted by atomic mass is 79.9. The molecule has 0 aliphatic heterocycles. The number of hydrogen-bond donors (Lipinski definition) is 1. The third kappa shape index (κ3) is 3.02. The minimum atomic E-state index is 0.358. The smallest absolute Gasteiger partial charge is 0.283 e. The maximum atomic E-state index is 5.58. The fourth-order valence-electron chi connectivity index (χ4n) is 1.45. The largest absolute Gasteiger partial charge is 0.444 e. The number of pyridine rings is 1. The molecule has 0 atom stereocenters. The fourth-order valence-corrected chi connectivity index (χ4v) is 2.44. The van der Waals surface area contributed by atoms with Crippen LogP contribution < -0.4 is 5.73 Å². The molecule has 3 aromatic heterocycles. The van der Waals surface area contributed by atoms with Crippen molar-refractivity contribution in [2.45, 2.75) is 10.8 Å². The van der Waals surface area contributed by atoms with Gasteiger partial charge in [0.2, 0.25) is 5.89 Å². The Kier molecular flexibility index (Phi) is 3.75. The number of nitrogens with zero attached hydrogens (tertiary/aromatic N) is 3. The molecule has 0 aliphatic rings. The van der Waals surface area contributed by atoms with E-state index in [0.717, 1.165) is 5.03 Å². The van der Waals surface area contributed by atoms with Gasteiger partial charge in [-0.15, -0.1) is 10.2 Å². The summed E-state index contributed by atoms with van der Waals surface area (Å²) in [6.45, 7) is 0. The van der Waals surface area contributed by atoms with Crippen molar-refractivity contribution in [2.75, 3.05) is 5.73 Å². The maximum absolute atomic E-state index is 5.58. The number of aromatic nitrogens is 3. The number of rotatable bonds is 4. The second kappa shape index (κ2) is 5.68. The van der Waals surface area contributed by atoms with Crippen LogP contribution in [0.4, 0.5) is 5.69 Å². The van der Waals surface area contributed by atoms with E-state index in [1.807, 2.05) is 6.07 Å². The average molecular weight is 353 g/mol. The number of halogens is 1. The third-order valence-electron chi connectivity index (χ3n) is 2.35. The van der Waals surface area contributed by atoms with Crippen molar-refractivity contribution in [3.63, 3.8) is 0 Å². The van der Waals surface area contributed by atoms with Gasteiger partial charge >= 0.3 is 0 Å². The van der Waals surface area contributed by atoms with Crippen molar-refractivity contribution in [3.05, 3.63) is 41.0 Å². The summed E-state index contributed by atoms with van der Waals surface area (Å²) in [6.07, 6.45) is 1.61. The monoisotopic (exact) mass is 352 g/mol. The molecule has 0 saturated carbocycles. The molecule has 0 spiro atoms. The molecule has 102 valence electrons.